The zero-order valence-corrected chi connectivity index (χ0v) is 14.8. The van der Waals surface area contributed by atoms with Crippen LogP contribution in [0, 0.1) is 5.82 Å². The summed E-state index contributed by atoms with van der Waals surface area (Å²) in [5.74, 6) is -0.186. The lowest BCUT2D eigenvalue weighted by molar-refractivity contribution is 0.0641. The standard InChI is InChI=1S/C17H26BrFN2/c1-4-15-10-20-17(5-2,6-3)12-21(15)11-13-7-8-14(19)9-16(13)18/h7-9,15,20H,4-6,10-12H2,1-3H3. The van der Waals surface area contributed by atoms with Gasteiger partial charge in [0, 0.05) is 35.7 Å². The van der Waals surface area contributed by atoms with Crippen molar-refractivity contribution in [2.75, 3.05) is 13.1 Å². The van der Waals surface area contributed by atoms with Crippen LogP contribution in [0.5, 0.6) is 0 Å². The van der Waals surface area contributed by atoms with Crippen molar-refractivity contribution in [3.8, 4) is 0 Å². The fraction of sp³-hybridized carbons (Fsp3) is 0.647. The molecule has 1 aliphatic rings. The number of nitrogens with zero attached hydrogens (tertiary/aromatic N) is 1. The molecule has 1 saturated heterocycles. The third kappa shape index (κ3) is 3.85. The van der Waals surface area contributed by atoms with Crippen molar-refractivity contribution in [3.63, 3.8) is 0 Å². The van der Waals surface area contributed by atoms with Gasteiger partial charge in [-0.15, -0.1) is 0 Å². The molecule has 0 bridgehead atoms. The summed E-state index contributed by atoms with van der Waals surface area (Å²) in [4.78, 5) is 2.56. The lowest BCUT2D eigenvalue weighted by Gasteiger charge is -2.47. The second-order valence-corrected chi connectivity index (χ2v) is 6.93. The second kappa shape index (κ2) is 7.21. The summed E-state index contributed by atoms with van der Waals surface area (Å²) in [5, 5.41) is 3.76. The molecule has 21 heavy (non-hydrogen) atoms. The molecule has 4 heteroatoms. The number of nitrogens with one attached hydrogen (secondary N) is 1. The molecule has 1 heterocycles. The van der Waals surface area contributed by atoms with Gasteiger partial charge in [-0.1, -0.05) is 42.8 Å². The Balaban J connectivity index is 2.17. The Hall–Kier alpha value is -0.450. The van der Waals surface area contributed by atoms with E-state index < -0.39 is 0 Å². The van der Waals surface area contributed by atoms with Crippen molar-refractivity contribution >= 4 is 15.9 Å². The van der Waals surface area contributed by atoms with E-state index in [1.165, 1.54) is 0 Å². The van der Waals surface area contributed by atoms with Gasteiger partial charge in [-0.05, 0) is 37.0 Å². The lowest BCUT2D eigenvalue weighted by Crippen LogP contribution is -2.63. The second-order valence-electron chi connectivity index (χ2n) is 6.07. The summed E-state index contributed by atoms with van der Waals surface area (Å²) < 4.78 is 14.1. The van der Waals surface area contributed by atoms with E-state index in [9.17, 15) is 4.39 Å². The zero-order valence-electron chi connectivity index (χ0n) is 13.3. The van der Waals surface area contributed by atoms with E-state index in [4.69, 9.17) is 0 Å². The van der Waals surface area contributed by atoms with Gasteiger partial charge in [-0.3, -0.25) is 4.90 Å². The Morgan fingerprint density at radius 1 is 1.33 bits per heavy atom. The number of piperazine rings is 1. The Morgan fingerprint density at radius 3 is 2.62 bits per heavy atom. The van der Waals surface area contributed by atoms with Crippen molar-refractivity contribution in [1.29, 1.82) is 0 Å². The van der Waals surface area contributed by atoms with Gasteiger partial charge < -0.3 is 5.32 Å². The molecule has 0 aromatic heterocycles. The van der Waals surface area contributed by atoms with Gasteiger partial charge in [0.25, 0.3) is 0 Å². The monoisotopic (exact) mass is 356 g/mol. The molecule has 118 valence electrons. The summed E-state index contributed by atoms with van der Waals surface area (Å²) in [6, 6.07) is 5.56. The number of hydrogen-bond acceptors (Lipinski definition) is 2. The first kappa shape index (κ1) is 16.9. The third-order valence-corrected chi connectivity index (χ3v) is 5.69. The lowest BCUT2D eigenvalue weighted by atomic mass is 9.88. The van der Waals surface area contributed by atoms with Crippen molar-refractivity contribution in [1.82, 2.24) is 10.2 Å². The molecular weight excluding hydrogens is 331 g/mol. The maximum atomic E-state index is 13.2. The molecule has 1 atom stereocenters. The van der Waals surface area contributed by atoms with Crippen LogP contribution in [0.4, 0.5) is 4.39 Å². The summed E-state index contributed by atoms with van der Waals surface area (Å²) in [6.07, 6.45) is 3.41. The molecule has 0 aliphatic carbocycles. The Morgan fingerprint density at radius 2 is 2.05 bits per heavy atom. The molecule has 1 aromatic rings. The van der Waals surface area contributed by atoms with Crippen LogP contribution < -0.4 is 5.32 Å². The van der Waals surface area contributed by atoms with Crippen molar-refractivity contribution < 1.29 is 4.39 Å². The first-order valence-electron chi connectivity index (χ1n) is 7.96. The van der Waals surface area contributed by atoms with Crippen molar-refractivity contribution in [3.05, 3.63) is 34.1 Å². The molecule has 0 radical (unpaired) electrons. The average molecular weight is 357 g/mol. The largest absolute Gasteiger partial charge is 0.308 e. The molecular formula is C17H26BrFN2. The fourth-order valence-corrected chi connectivity index (χ4v) is 3.69. The summed E-state index contributed by atoms with van der Waals surface area (Å²) in [7, 11) is 0. The molecule has 2 rings (SSSR count). The predicted octanol–water partition coefficient (Wildman–Crippen LogP) is 4.33. The molecule has 2 nitrogen and oxygen atoms in total. The molecule has 0 saturated carbocycles. The van der Waals surface area contributed by atoms with E-state index in [0.717, 1.165) is 48.9 Å². The molecule has 1 aliphatic heterocycles. The molecule has 1 aromatic carbocycles. The maximum Gasteiger partial charge on any atom is 0.124 e. The number of rotatable bonds is 5. The zero-order chi connectivity index (χ0) is 15.5. The normalized spacial score (nSPS) is 22.4. The van der Waals surface area contributed by atoms with E-state index in [0.29, 0.717) is 6.04 Å². The minimum absolute atomic E-state index is 0.186. The summed E-state index contributed by atoms with van der Waals surface area (Å²) in [6.45, 7) is 9.73. The number of hydrogen-bond donors (Lipinski definition) is 1. The average Bonchev–Trinajstić information content (AvgIpc) is 2.50. The number of halogens is 2. The molecule has 1 fully saturated rings. The van der Waals surface area contributed by atoms with Gasteiger partial charge in [-0.25, -0.2) is 4.39 Å². The van der Waals surface area contributed by atoms with Crippen molar-refractivity contribution in [2.45, 2.75) is 58.2 Å². The highest BCUT2D eigenvalue weighted by Gasteiger charge is 2.36. The fourth-order valence-electron chi connectivity index (χ4n) is 3.22. The summed E-state index contributed by atoms with van der Waals surface area (Å²) >= 11 is 3.50. The van der Waals surface area contributed by atoms with Crippen LogP contribution in [-0.4, -0.2) is 29.6 Å². The van der Waals surface area contributed by atoms with Gasteiger partial charge in [0.2, 0.25) is 0 Å². The van der Waals surface area contributed by atoms with Crippen LogP contribution in [0.15, 0.2) is 22.7 Å². The number of benzene rings is 1. The smallest absolute Gasteiger partial charge is 0.124 e. The molecule has 0 spiro atoms. The molecule has 0 amide bonds. The Kier molecular flexibility index (Phi) is 5.81. The quantitative estimate of drug-likeness (QED) is 0.844. The van der Waals surface area contributed by atoms with E-state index in [-0.39, 0.29) is 11.4 Å². The van der Waals surface area contributed by atoms with Gasteiger partial charge >= 0.3 is 0 Å². The SMILES string of the molecule is CCC1CNC(CC)(CC)CN1Cc1ccc(F)cc1Br. The van der Waals surface area contributed by atoms with Crippen molar-refractivity contribution in [2.24, 2.45) is 0 Å². The summed E-state index contributed by atoms with van der Waals surface area (Å²) in [5.41, 5.74) is 1.39. The van der Waals surface area contributed by atoms with Gasteiger partial charge in [0.05, 0.1) is 0 Å². The van der Waals surface area contributed by atoms with Gasteiger partial charge in [-0.2, -0.15) is 0 Å². The van der Waals surface area contributed by atoms with E-state index in [1.54, 1.807) is 12.1 Å². The topological polar surface area (TPSA) is 15.3 Å². The van der Waals surface area contributed by atoms with Gasteiger partial charge in [0.1, 0.15) is 5.82 Å². The van der Waals surface area contributed by atoms with Crippen LogP contribution in [-0.2, 0) is 6.54 Å². The van der Waals surface area contributed by atoms with Crippen LogP contribution >= 0.6 is 15.9 Å². The highest BCUT2D eigenvalue weighted by molar-refractivity contribution is 9.10. The first-order chi connectivity index (χ1) is 10.0. The van der Waals surface area contributed by atoms with Crippen LogP contribution in [0.2, 0.25) is 0 Å². The Bertz CT molecular complexity index is 474. The van der Waals surface area contributed by atoms with Crippen LogP contribution in [0.1, 0.15) is 45.6 Å². The minimum atomic E-state index is -0.186. The third-order valence-electron chi connectivity index (χ3n) is 4.95. The van der Waals surface area contributed by atoms with E-state index in [1.807, 2.05) is 6.07 Å². The van der Waals surface area contributed by atoms with Crippen LogP contribution in [0.25, 0.3) is 0 Å². The Labute approximate surface area is 136 Å². The maximum absolute atomic E-state index is 13.2. The molecule has 1 unspecified atom stereocenters. The minimum Gasteiger partial charge on any atom is -0.308 e. The highest BCUT2D eigenvalue weighted by Crippen LogP contribution is 2.27. The molecule has 1 N–H and O–H groups in total. The predicted molar refractivity (Wildman–Crippen MR) is 89.9 cm³/mol. The van der Waals surface area contributed by atoms with E-state index in [2.05, 4.69) is 46.9 Å². The van der Waals surface area contributed by atoms with Gasteiger partial charge in [0.15, 0.2) is 0 Å². The van der Waals surface area contributed by atoms with E-state index >= 15 is 0 Å². The van der Waals surface area contributed by atoms with Crippen LogP contribution in [0.3, 0.4) is 0 Å². The first-order valence-corrected chi connectivity index (χ1v) is 8.76. The highest BCUT2D eigenvalue weighted by atomic mass is 79.9.